The van der Waals surface area contributed by atoms with Crippen LogP contribution in [0.2, 0.25) is 5.02 Å². The quantitative estimate of drug-likeness (QED) is 0.440. The van der Waals surface area contributed by atoms with E-state index in [1.54, 1.807) is 31.1 Å². The van der Waals surface area contributed by atoms with E-state index >= 15 is 0 Å². The molecule has 3 heterocycles. The van der Waals surface area contributed by atoms with Crippen molar-refractivity contribution in [2.24, 2.45) is 13.0 Å². The summed E-state index contributed by atoms with van der Waals surface area (Å²) in [5.74, 6) is -2.71. The van der Waals surface area contributed by atoms with Crippen LogP contribution in [-0.4, -0.2) is 90.4 Å². The molecule has 43 heavy (non-hydrogen) atoms. The molecular formula is C30H34ClF2N7O3. The summed E-state index contributed by atoms with van der Waals surface area (Å²) in [7, 11) is 4.75. The fraction of sp³-hybridized carbons (Fsp3) is 0.400. The van der Waals surface area contributed by atoms with Gasteiger partial charge >= 0.3 is 0 Å². The summed E-state index contributed by atoms with van der Waals surface area (Å²) in [4.78, 5) is 48.2. The van der Waals surface area contributed by atoms with Gasteiger partial charge < -0.3 is 29.9 Å². The maximum atomic E-state index is 14.9. The second-order valence-electron chi connectivity index (χ2n) is 11.0. The molecule has 0 spiro atoms. The first kappa shape index (κ1) is 30.4. The van der Waals surface area contributed by atoms with Gasteiger partial charge in [0.25, 0.3) is 11.8 Å². The summed E-state index contributed by atoms with van der Waals surface area (Å²) in [6.07, 6.45) is 2.97. The minimum Gasteiger partial charge on any atom is -0.375 e. The van der Waals surface area contributed by atoms with Crippen LogP contribution in [0.3, 0.4) is 0 Å². The number of piperazine rings is 1. The molecule has 2 aromatic carbocycles. The second-order valence-corrected chi connectivity index (χ2v) is 11.4. The fourth-order valence-electron chi connectivity index (χ4n) is 5.53. The third kappa shape index (κ3) is 6.21. The number of piperidine rings is 1. The Labute approximate surface area is 253 Å². The molecule has 1 aromatic heterocycles. The van der Waals surface area contributed by atoms with Gasteiger partial charge in [-0.1, -0.05) is 11.6 Å². The highest BCUT2D eigenvalue weighted by Crippen LogP contribution is 2.30. The van der Waals surface area contributed by atoms with E-state index in [4.69, 9.17) is 11.6 Å². The van der Waals surface area contributed by atoms with Crippen LogP contribution in [0.1, 0.15) is 33.8 Å². The van der Waals surface area contributed by atoms with Crippen molar-refractivity contribution >= 4 is 40.7 Å². The number of rotatable bonds is 6. The molecular weight excluding hydrogens is 580 g/mol. The van der Waals surface area contributed by atoms with E-state index in [0.29, 0.717) is 31.9 Å². The average Bonchev–Trinajstić information content (AvgIpc) is 3.39. The third-order valence-corrected chi connectivity index (χ3v) is 8.35. The predicted molar refractivity (Wildman–Crippen MR) is 160 cm³/mol. The summed E-state index contributed by atoms with van der Waals surface area (Å²) in [6.45, 7) is 3.46. The Kier molecular flexibility index (Phi) is 8.97. The average molecular weight is 614 g/mol. The van der Waals surface area contributed by atoms with Gasteiger partial charge in [0.2, 0.25) is 5.91 Å². The van der Waals surface area contributed by atoms with Gasteiger partial charge in [0.05, 0.1) is 28.2 Å². The van der Waals surface area contributed by atoms with Gasteiger partial charge in [-0.2, -0.15) is 0 Å². The Morgan fingerprint density at radius 2 is 1.67 bits per heavy atom. The smallest absolute Gasteiger partial charge is 0.291 e. The van der Waals surface area contributed by atoms with Gasteiger partial charge in [-0.25, -0.2) is 13.8 Å². The van der Waals surface area contributed by atoms with Crippen LogP contribution in [0.5, 0.6) is 0 Å². The Morgan fingerprint density at radius 3 is 2.33 bits per heavy atom. The van der Waals surface area contributed by atoms with E-state index in [9.17, 15) is 23.2 Å². The van der Waals surface area contributed by atoms with E-state index in [2.05, 4.69) is 15.6 Å². The molecule has 3 aromatic rings. The molecule has 2 fully saturated rings. The van der Waals surface area contributed by atoms with Crippen molar-refractivity contribution < 1.29 is 23.2 Å². The summed E-state index contributed by atoms with van der Waals surface area (Å²) in [5, 5.41) is 6.13. The van der Waals surface area contributed by atoms with Crippen LogP contribution in [0.15, 0.2) is 36.5 Å². The van der Waals surface area contributed by atoms with E-state index < -0.39 is 17.5 Å². The number of carbonyl (C=O) groups excluding carboxylic acids is 3. The highest BCUT2D eigenvalue weighted by molar-refractivity contribution is 6.34. The molecule has 0 radical (unpaired) electrons. The number of anilines is 2. The van der Waals surface area contributed by atoms with Crippen LogP contribution >= 0.6 is 11.6 Å². The number of imidazole rings is 1. The standard InChI is InChI=1S/C30H34ClF2N7O3/c1-37(2)23-7-6-21(25(32)26(23)33)24-17-35-27(38(24)3)28(41)36-19-4-5-20(22(31)16-19)30(43)40-14-12-39(13-15-40)29(42)18-8-10-34-11-9-18/h4-7,16-18,34H,8-15H2,1-3H3,(H,36,41). The van der Waals surface area contributed by atoms with Crippen molar-refractivity contribution in [3.05, 3.63) is 64.6 Å². The van der Waals surface area contributed by atoms with Crippen LogP contribution in [0.4, 0.5) is 20.2 Å². The van der Waals surface area contributed by atoms with Crippen molar-refractivity contribution in [3.8, 4) is 11.3 Å². The van der Waals surface area contributed by atoms with Crippen LogP contribution in [0.25, 0.3) is 11.3 Å². The molecule has 5 rings (SSSR count). The van der Waals surface area contributed by atoms with Gasteiger partial charge in [0, 0.05) is 64.5 Å². The molecule has 228 valence electrons. The lowest BCUT2D eigenvalue weighted by Gasteiger charge is -2.37. The largest absolute Gasteiger partial charge is 0.375 e. The fourth-order valence-corrected chi connectivity index (χ4v) is 5.80. The highest BCUT2D eigenvalue weighted by Gasteiger charge is 2.30. The Bertz CT molecular complexity index is 1550. The molecule has 2 aliphatic rings. The second kappa shape index (κ2) is 12.7. The number of nitrogens with zero attached hydrogens (tertiary/aromatic N) is 5. The molecule has 2 aliphatic heterocycles. The summed E-state index contributed by atoms with van der Waals surface area (Å²) >= 11 is 6.47. The number of carbonyl (C=O) groups is 3. The number of aromatic nitrogens is 2. The maximum Gasteiger partial charge on any atom is 0.291 e. The monoisotopic (exact) mass is 613 g/mol. The Hall–Kier alpha value is -4.03. The molecule has 0 unspecified atom stereocenters. The third-order valence-electron chi connectivity index (χ3n) is 8.04. The predicted octanol–water partition coefficient (Wildman–Crippen LogP) is 3.62. The van der Waals surface area contributed by atoms with Crippen LogP contribution < -0.4 is 15.5 Å². The molecule has 0 aliphatic carbocycles. The van der Waals surface area contributed by atoms with Crippen molar-refractivity contribution in [2.45, 2.75) is 12.8 Å². The number of nitrogens with one attached hydrogen (secondary N) is 2. The van der Waals surface area contributed by atoms with E-state index in [0.717, 1.165) is 25.9 Å². The number of halogens is 3. The first-order valence-corrected chi connectivity index (χ1v) is 14.5. The van der Waals surface area contributed by atoms with Gasteiger partial charge in [-0.05, 0) is 56.3 Å². The number of hydrogen-bond acceptors (Lipinski definition) is 6. The normalized spacial score (nSPS) is 15.9. The molecule has 2 saturated heterocycles. The lowest BCUT2D eigenvalue weighted by atomic mass is 9.96. The van der Waals surface area contributed by atoms with Crippen LogP contribution in [-0.2, 0) is 11.8 Å². The van der Waals surface area contributed by atoms with E-state index in [-0.39, 0.29) is 51.1 Å². The summed E-state index contributed by atoms with van der Waals surface area (Å²) in [5.41, 5.74) is 0.921. The molecule has 3 amide bonds. The first-order chi connectivity index (χ1) is 20.6. The maximum absolute atomic E-state index is 14.9. The Balaban J connectivity index is 1.23. The van der Waals surface area contributed by atoms with Crippen LogP contribution in [0, 0.1) is 17.6 Å². The van der Waals surface area contributed by atoms with Gasteiger partial charge in [0.1, 0.15) is 0 Å². The SMILES string of the molecule is CN(C)c1ccc(-c2cnc(C(=O)Nc3ccc(C(=O)N4CCN(C(=O)C5CCNCC5)CC4)c(Cl)c3)n2C)c(F)c1F. The summed E-state index contributed by atoms with van der Waals surface area (Å²) in [6, 6.07) is 7.48. The molecule has 2 N–H and O–H groups in total. The van der Waals surface area contributed by atoms with Crippen molar-refractivity contribution in [1.82, 2.24) is 24.7 Å². The van der Waals surface area contributed by atoms with Crippen molar-refractivity contribution in [2.75, 3.05) is 63.6 Å². The molecule has 0 saturated carbocycles. The zero-order chi connectivity index (χ0) is 30.8. The minimum atomic E-state index is -1.04. The zero-order valence-electron chi connectivity index (χ0n) is 24.3. The minimum absolute atomic E-state index is 0.0281. The Morgan fingerprint density at radius 1 is 1.00 bits per heavy atom. The van der Waals surface area contributed by atoms with E-state index in [1.807, 2.05) is 4.90 Å². The first-order valence-electron chi connectivity index (χ1n) is 14.1. The topological polar surface area (TPSA) is 103 Å². The molecule has 0 bridgehead atoms. The zero-order valence-corrected chi connectivity index (χ0v) is 25.0. The number of benzene rings is 2. The molecule has 10 nitrogen and oxygen atoms in total. The summed E-state index contributed by atoms with van der Waals surface area (Å²) < 4.78 is 30.8. The lowest BCUT2D eigenvalue weighted by Crippen LogP contribution is -2.52. The number of hydrogen-bond donors (Lipinski definition) is 2. The van der Waals surface area contributed by atoms with Gasteiger partial charge in [-0.15, -0.1) is 0 Å². The van der Waals surface area contributed by atoms with Gasteiger partial charge in [0.15, 0.2) is 17.5 Å². The van der Waals surface area contributed by atoms with Crippen molar-refractivity contribution in [1.29, 1.82) is 0 Å². The number of amides is 3. The highest BCUT2D eigenvalue weighted by atomic mass is 35.5. The lowest BCUT2D eigenvalue weighted by molar-refractivity contribution is -0.137. The van der Waals surface area contributed by atoms with Crippen molar-refractivity contribution in [3.63, 3.8) is 0 Å². The van der Waals surface area contributed by atoms with Gasteiger partial charge in [-0.3, -0.25) is 14.4 Å². The van der Waals surface area contributed by atoms with E-state index in [1.165, 1.54) is 40.9 Å². The molecule has 13 heteroatoms. The molecule has 0 atom stereocenters.